The molecule has 10 nitrogen and oxygen atoms in total. The van der Waals surface area contributed by atoms with Crippen molar-refractivity contribution in [3.05, 3.63) is 77.9 Å². The van der Waals surface area contributed by atoms with E-state index in [1.165, 1.54) is 43.5 Å². The van der Waals surface area contributed by atoms with E-state index in [9.17, 15) is 18.0 Å². The molecule has 0 unspecified atom stereocenters. The Balaban J connectivity index is 1.44. The van der Waals surface area contributed by atoms with Crippen molar-refractivity contribution in [2.45, 2.75) is 4.90 Å². The molecule has 3 aromatic rings. The van der Waals surface area contributed by atoms with Crippen molar-refractivity contribution in [1.29, 1.82) is 0 Å². The van der Waals surface area contributed by atoms with Crippen LogP contribution in [-0.4, -0.2) is 40.6 Å². The fourth-order valence-electron chi connectivity index (χ4n) is 3.18. The summed E-state index contributed by atoms with van der Waals surface area (Å²) < 4.78 is 44.1. The Morgan fingerprint density at radius 2 is 1.50 bits per heavy atom. The van der Waals surface area contributed by atoms with Crippen molar-refractivity contribution in [3.63, 3.8) is 0 Å². The van der Waals surface area contributed by atoms with E-state index in [2.05, 4.69) is 15.6 Å². The fraction of sp³-hybridized carbons (Fsp3) is 0.130. The molecule has 0 radical (unpaired) electrons. The van der Waals surface area contributed by atoms with Crippen molar-refractivity contribution in [3.8, 4) is 17.2 Å². The van der Waals surface area contributed by atoms with Crippen LogP contribution in [-0.2, 0) is 10.0 Å². The van der Waals surface area contributed by atoms with Crippen molar-refractivity contribution < 1.29 is 32.2 Å². The molecule has 0 atom stereocenters. The van der Waals surface area contributed by atoms with Crippen LogP contribution >= 0.6 is 0 Å². The number of hydrogen-bond acceptors (Lipinski definition) is 7. The first-order valence-electron chi connectivity index (χ1n) is 10.1. The number of hydrogen-bond donors (Lipinski definition) is 3. The minimum Gasteiger partial charge on any atom is -0.495 e. The molecule has 0 spiro atoms. The SMILES string of the molecule is COc1ccccc1NS(=O)(=O)c1cccc(C(=O)NNC(=O)c2ccc3c(c2)OCCO3)c1. The zero-order chi connectivity index (χ0) is 24.1. The lowest BCUT2D eigenvalue weighted by Crippen LogP contribution is -2.41. The van der Waals surface area contributed by atoms with Gasteiger partial charge < -0.3 is 14.2 Å². The Kier molecular flexibility index (Phi) is 6.55. The molecule has 34 heavy (non-hydrogen) atoms. The normalized spacial score (nSPS) is 12.4. The Morgan fingerprint density at radius 3 is 2.24 bits per heavy atom. The molecule has 3 N–H and O–H groups in total. The predicted molar refractivity (Wildman–Crippen MR) is 123 cm³/mol. The first-order chi connectivity index (χ1) is 16.4. The zero-order valence-corrected chi connectivity index (χ0v) is 18.8. The molecule has 0 aromatic heterocycles. The Bertz CT molecular complexity index is 1340. The van der Waals surface area contributed by atoms with Gasteiger partial charge >= 0.3 is 0 Å². The quantitative estimate of drug-likeness (QED) is 0.459. The van der Waals surface area contributed by atoms with E-state index in [0.717, 1.165) is 0 Å². The Labute approximate surface area is 195 Å². The average Bonchev–Trinajstić information content (AvgIpc) is 2.87. The minimum atomic E-state index is -4.01. The maximum Gasteiger partial charge on any atom is 0.269 e. The maximum absolute atomic E-state index is 12.8. The number of anilines is 1. The fourth-order valence-corrected chi connectivity index (χ4v) is 4.30. The van der Waals surface area contributed by atoms with Crippen molar-refractivity contribution in [1.82, 2.24) is 10.9 Å². The number of carbonyl (C=O) groups is 2. The molecule has 1 aliphatic heterocycles. The van der Waals surface area contributed by atoms with Crippen LogP contribution in [0, 0.1) is 0 Å². The second-order valence-electron chi connectivity index (χ2n) is 7.10. The zero-order valence-electron chi connectivity index (χ0n) is 18.0. The van der Waals surface area contributed by atoms with Gasteiger partial charge in [0.05, 0.1) is 17.7 Å². The third-order valence-electron chi connectivity index (χ3n) is 4.85. The summed E-state index contributed by atoms with van der Waals surface area (Å²) in [5, 5.41) is 0. The van der Waals surface area contributed by atoms with Gasteiger partial charge in [-0.2, -0.15) is 0 Å². The molecule has 1 aliphatic rings. The molecule has 3 aromatic carbocycles. The van der Waals surface area contributed by atoms with Gasteiger partial charge in [-0.15, -0.1) is 0 Å². The Morgan fingerprint density at radius 1 is 0.824 bits per heavy atom. The highest BCUT2D eigenvalue weighted by atomic mass is 32.2. The number of carbonyl (C=O) groups excluding carboxylic acids is 2. The number of hydrazine groups is 1. The number of fused-ring (bicyclic) bond motifs is 1. The van der Waals surface area contributed by atoms with Gasteiger partial charge in [-0.3, -0.25) is 25.2 Å². The summed E-state index contributed by atoms with van der Waals surface area (Å²) in [6.45, 7) is 0.803. The Hall–Kier alpha value is -4.25. The van der Waals surface area contributed by atoms with Crippen LogP contribution in [0.5, 0.6) is 17.2 Å². The molecule has 2 amide bonds. The van der Waals surface area contributed by atoms with Crippen LogP contribution in [0.3, 0.4) is 0 Å². The summed E-state index contributed by atoms with van der Waals surface area (Å²) in [5.41, 5.74) is 5.12. The molecular weight excluding hydrogens is 462 g/mol. The lowest BCUT2D eigenvalue weighted by Gasteiger charge is -2.18. The molecule has 11 heteroatoms. The van der Waals surface area contributed by atoms with Crippen molar-refractivity contribution in [2.24, 2.45) is 0 Å². The third-order valence-corrected chi connectivity index (χ3v) is 6.21. The average molecular weight is 484 g/mol. The van der Waals surface area contributed by atoms with E-state index in [4.69, 9.17) is 14.2 Å². The first-order valence-corrected chi connectivity index (χ1v) is 11.6. The summed E-state index contributed by atoms with van der Waals surface area (Å²) in [6.07, 6.45) is 0. The van der Waals surface area contributed by atoms with E-state index in [1.54, 1.807) is 30.3 Å². The van der Waals surface area contributed by atoms with Gasteiger partial charge in [0, 0.05) is 11.1 Å². The van der Waals surface area contributed by atoms with Crippen LogP contribution in [0.25, 0.3) is 0 Å². The van der Waals surface area contributed by atoms with Crippen LogP contribution in [0.1, 0.15) is 20.7 Å². The molecule has 4 rings (SSSR count). The van der Waals surface area contributed by atoms with Crippen LogP contribution in [0.15, 0.2) is 71.6 Å². The number of ether oxygens (including phenoxy) is 3. The summed E-state index contributed by atoms with van der Waals surface area (Å²) in [4.78, 5) is 24.8. The highest BCUT2D eigenvalue weighted by Crippen LogP contribution is 2.30. The molecule has 0 fully saturated rings. The third kappa shape index (κ3) is 5.04. The number of para-hydroxylation sites is 2. The predicted octanol–water partition coefficient (Wildman–Crippen LogP) is 2.34. The molecular formula is C23H21N3O7S. The van der Waals surface area contributed by atoms with Crippen LogP contribution in [0.2, 0.25) is 0 Å². The van der Waals surface area contributed by atoms with Gasteiger partial charge in [-0.25, -0.2) is 8.42 Å². The minimum absolute atomic E-state index is 0.0328. The van der Waals surface area contributed by atoms with Gasteiger partial charge in [0.2, 0.25) is 0 Å². The molecule has 0 saturated heterocycles. The number of benzene rings is 3. The number of amides is 2. The maximum atomic E-state index is 12.8. The van der Waals surface area contributed by atoms with Gasteiger partial charge in [0.15, 0.2) is 11.5 Å². The smallest absolute Gasteiger partial charge is 0.269 e. The van der Waals surface area contributed by atoms with Crippen LogP contribution < -0.4 is 29.8 Å². The second-order valence-corrected chi connectivity index (χ2v) is 8.78. The van der Waals surface area contributed by atoms with E-state index >= 15 is 0 Å². The standard InChI is InChI=1S/C23H21N3O7S/c1-31-19-8-3-2-7-18(19)26-34(29,30)17-6-4-5-15(13-17)22(27)24-25-23(28)16-9-10-20-21(14-16)33-12-11-32-20/h2-10,13-14,26H,11-12H2,1H3,(H,24,27)(H,25,28). The molecule has 0 saturated carbocycles. The van der Waals surface area contributed by atoms with Crippen molar-refractivity contribution >= 4 is 27.5 Å². The largest absolute Gasteiger partial charge is 0.495 e. The highest BCUT2D eigenvalue weighted by molar-refractivity contribution is 7.92. The summed E-state index contributed by atoms with van der Waals surface area (Å²) >= 11 is 0. The molecule has 0 aliphatic carbocycles. The number of nitrogens with one attached hydrogen (secondary N) is 3. The summed E-state index contributed by atoms with van der Waals surface area (Å²) in [6, 6.07) is 16.6. The number of methoxy groups -OCH3 is 1. The highest BCUT2D eigenvalue weighted by Gasteiger charge is 2.19. The van der Waals surface area contributed by atoms with Crippen molar-refractivity contribution in [2.75, 3.05) is 25.0 Å². The van der Waals surface area contributed by atoms with Gasteiger partial charge in [0.1, 0.15) is 19.0 Å². The number of sulfonamides is 1. The monoisotopic (exact) mass is 483 g/mol. The van der Waals surface area contributed by atoms with Crippen LogP contribution in [0.4, 0.5) is 5.69 Å². The van der Waals surface area contributed by atoms with Gasteiger partial charge in [-0.1, -0.05) is 18.2 Å². The lowest BCUT2D eigenvalue weighted by atomic mass is 10.2. The van der Waals surface area contributed by atoms with Gasteiger partial charge in [-0.05, 0) is 48.5 Å². The second kappa shape index (κ2) is 9.71. The van der Waals surface area contributed by atoms with E-state index < -0.39 is 21.8 Å². The summed E-state index contributed by atoms with van der Waals surface area (Å²) in [5.74, 6) is 0.0475. The first kappa shape index (κ1) is 22.9. The topological polar surface area (TPSA) is 132 Å². The molecule has 1 heterocycles. The lowest BCUT2D eigenvalue weighted by molar-refractivity contribution is 0.0846. The van der Waals surface area contributed by atoms with E-state index in [-0.39, 0.29) is 21.7 Å². The molecule has 176 valence electrons. The molecule has 0 bridgehead atoms. The van der Waals surface area contributed by atoms with Gasteiger partial charge in [0.25, 0.3) is 21.8 Å². The van der Waals surface area contributed by atoms with E-state index in [1.807, 2.05) is 0 Å². The summed E-state index contributed by atoms with van der Waals surface area (Å²) in [7, 11) is -2.58. The van der Waals surface area contributed by atoms with E-state index in [0.29, 0.717) is 30.5 Å². The number of rotatable bonds is 6.